The highest BCUT2D eigenvalue weighted by Crippen LogP contribution is 2.48. The summed E-state index contributed by atoms with van der Waals surface area (Å²) in [7, 11) is 0. The predicted molar refractivity (Wildman–Crippen MR) is 110 cm³/mol. The fraction of sp³-hybridized carbons (Fsp3) is 0.435. The third-order valence-electron chi connectivity index (χ3n) is 5.57. The Balaban J connectivity index is 2.22. The lowest BCUT2D eigenvalue weighted by molar-refractivity contribution is -0.163. The first kappa shape index (κ1) is 20.8. The number of benzene rings is 1. The van der Waals surface area contributed by atoms with Gasteiger partial charge in [0.15, 0.2) is 5.78 Å². The van der Waals surface area contributed by atoms with E-state index in [1.807, 2.05) is 6.92 Å². The minimum atomic E-state index is -1.11. The summed E-state index contributed by atoms with van der Waals surface area (Å²) in [4.78, 5) is 12.3. The van der Waals surface area contributed by atoms with Crippen molar-refractivity contribution in [1.82, 2.24) is 0 Å². The number of Topliss-reactive ketones (excluding diaryl/α,β-unsaturated/α-hetero) is 1. The molecule has 0 fully saturated rings. The summed E-state index contributed by atoms with van der Waals surface area (Å²) in [5.41, 5.74) is -0.856. The molecule has 0 saturated heterocycles. The molecule has 28 heavy (non-hydrogen) atoms. The molecule has 5 heteroatoms. The highest BCUT2D eigenvalue weighted by Gasteiger charge is 2.51. The van der Waals surface area contributed by atoms with E-state index in [0.29, 0.717) is 17.6 Å². The van der Waals surface area contributed by atoms with Gasteiger partial charge >= 0.3 is 0 Å². The van der Waals surface area contributed by atoms with Gasteiger partial charge in [0.1, 0.15) is 22.8 Å². The molecule has 0 amide bonds. The molecule has 3 nitrogen and oxygen atoms in total. The number of allylic oxidation sites excluding steroid dienone is 4. The second kappa shape index (κ2) is 6.85. The number of carbonyl (C=O) groups is 1. The van der Waals surface area contributed by atoms with E-state index >= 15 is 0 Å². The van der Waals surface area contributed by atoms with E-state index in [4.69, 9.17) is 16.3 Å². The van der Waals surface area contributed by atoms with Gasteiger partial charge in [0.05, 0.1) is 4.87 Å². The number of aliphatic hydroxyl groups is 1. The van der Waals surface area contributed by atoms with E-state index in [9.17, 15) is 14.3 Å². The Labute approximate surface area is 170 Å². The molecule has 1 aromatic rings. The maximum Gasteiger partial charge on any atom is 0.194 e. The van der Waals surface area contributed by atoms with Crippen LogP contribution in [0.15, 0.2) is 53.8 Å². The van der Waals surface area contributed by atoms with E-state index in [2.05, 4.69) is 0 Å². The SMILES string of the molecule is CCC1(Cl)C=CC(c2ccccc2F)=CC1C1=C(O)C(C)(C)OC(C)(C)C1=O. The normalized spacial score (nSPS) is 29.0. The van der Waals surface area contributed by atoms with E-state index < -0.39 is 22.0 Å². The Morgan fingerprint density at radius 2 is 1.82 bits per heavy atom. The minimum absolute atomic E-state index is 0.125. The topological polar surface area (TPSA) is 46.5 Å². The molecule has 2 unspecified atom stereocenters. The molecule has 2 aliphatic rings. The van der Waals surface area contributed by atoms with Crippen LogP contribution >= 0.6 is 11.6 Å². The van der Waals surface area contributed by atoms with Crippen molar-refractivity contribution in [1.29, 1.82) is 0 Å². The fourth-order valence-corrected chi connectivity index (χ4v) is 4.25. The maximum absolute atomic E-state index is 14.4. The third-order valence-corrected chi connectivity index (χ3v) is 6.20. The van der Waals surface area contributed by atoms with Gasteiger partial charge in [0.2, 0.25) is 0 Å². The molecule has 1 aliphatic heterocycles. The second-order valence-electron chi connectivity index (χ2n) is 8.41. The number of hydrogen-bond acceptors (Lipinski definition) is 3. The first-order valence-corrected chi connectivity index (χ1v) is 9.84. The number of ketones is 1. The molecule has 1 N–H and O–H groups in total. The molecule has 0 saturated carbocycles. The zero-order chi connectivity index (χ0) is 20.9. The van der Waals surface area contributed by atoms with Crippen LogP contribution in [-0.2, 0) is 9.53 Å². The Morgan fingerprint density at radius 3 is 2.43 bits per heavy atom. The summed E-state index contributed by atoms with van der Waals surface area (Å²) in [6.07, 6.45) is 5.89. The van der Waals surface area contributed by atoms with Crippen molar-refractivity contribution in [3.05, 3.63) is 65.2 Å². The molecule has 2 atom stereocenters. The van der Waals surface area contributed by atoms with Crippen molar-refractivity contribution in [2.45, 2.75) is 57.1 Å². The van der Waals surface area contributed by atoms with E-state index in [-0.39, 0.29) is 22.9 Å². The predicted octanol–water partition coefficient (Wildman–Crippen LogP) is 5.75. The van der Waals surface area contributed by atoms with E-state index in [1.54, 1.807) is 64.1 Å². The largest absolute Gasteiger partial charge is 0.509 e. The second-order valence-corrected chi connectivity index (χ2v) is 9.11. The number of alkyl halides is 1. The standard InChI is InChI=1S/C23H26ClFO3/c1-6-23(24)12-11-14(15-9-7-8-10-17(15)25)13-16(23)18-19(26)21(2,3)28-22(4,5)20(18)27/h7-13,16,26H,6H2,1-5H3. The average Bonchev–Trinajstić information content (AvgIpc) is 2.62. The third kappa shape index (κ3) is 3.33. The lowest BCUT2D eigenvalue weighted by Gasteiger charge is -2.44. The zero-order valence-electron chi connectivity index (χ0n) is 16.8. The van der Waals surface area contributed by atoms with Gasteiger partial charge in [-0.05, 0) is 45.8 Å². The number of ether oxygens (including phenoxy) is 1. The van der Waals surface area contributed by atoms with Gasteiger partial charge < -0.3 is 9.84 Å². The van der Waals surface area contributed by atoms with Gasteiger partial charge in [-0.15, -0.1) is 11.6 Å². The number of hydrogen-bond donors (Lipinski definition) is 1. The molecular weight excluding hydrogens is 379 g/mol. The quantitative estimate of drug-likeness (QED) is 0.652. The van der Waals surface area contributed by atoms with Crippen molar-refractivity contribution >= 4 is 23.0 Å². The molecular formula is C23H26ClFO3. The van der Waals surface area contributed by atoms with Crippen LogP contribution in [0.1, 0.15) is 46.6 Å². The molecule has 3 rings (SSSR count). The highest BCUT2D eigenvalue weighted by atomic mass is 35.5. The minimum Gasteiger partial charge on any atom is -0.509 e. The van der Waals surface area contributed by atoms with Crippen LogP contribution in [0.4, 0.5) is 4.39 Å². The Hall–Kier alpha value is -1.91. The van der Waals surface area contributed by atoms with Crippen LogP contribution in [0, 0.1) is 11.7 Å². The Bertz CT molecular complexity index is 910. The molecule has 1 heterocycles. The smallest absolute Gasteiger partial charge is 0.194 e. The summed E-state index contributed by atoms with van der Waals surface area (Å²) in [5, 5.41) is 10.9. The molecule has 1 aromatic carbocycles. The van der Waals surface area contributed by atoms with Crippen molar-refractivity contribution in [2.75, 3.05) is 0 Å². The van der Waals surface area contributed by atoms with Crippen molar-refractivity contribution < 1.29 is 19.0 Å². The molecule has 0 aromatic heterocycles. The van der Waals surface area contributed by atoms with Crippen LogP contribution in [0.2, 0.25) is 0 Å². The summed E-state index contributed by atoms with van der Waals surface area (Å²) in [6, 6.07) is 6.46. The summed E-state index contributed by atoms with van der Waals surface area (Å²) in [6.45, 7) is 8.73. The lowest BCUT2D eigenvalue weighted by atomic mass is 9.71. The van der Waals surface area contributed by atoms with Crippen LogP contribution < -0.4 is 0 Å². The number of halogens is 2. The fourth-order valence-electron chi connectivity index (χ4n) is 4.02. The van der Waals surface area contributed by atoms with Crippen molar-refractivity contribution in [3.63, 3.8) is 0 Å². The first-order valence-electron chi connectivity index (χ1n) is 9.46. The average molecular weight is 405 g/mol. The van der Waals surface area contributed by atoms with Crippen molar-refractivity contribution in [3.8, 4) is 0 Å². The maximum atomic E-state index is 14.4. The molecule has 0 radical (unpaired) electrons. The summed E-state index contributed by atoms with van der Waals surface area (Å²) in [5.74, 6) is -1.41. The molecule has 0 spiro atoms. The van der Waals surface area contributed by atoms with Crippen LogP contribution in [0.25, 0.3) is 5.57 Å². The van der Waals surface area contributed by atoms with Crippen LogP contribution in [0.3, 0.4) is 0 Å². The Kier molecular flexibility index (Phi) is 5.10. The summed E-state index contributed by atoms with van der Waals surface area (Å²) >= 11 is 6.90. The van der Waals surface area contributed by atoms with Gasteiger partial charge in [-0.3, -0.25) is 4.79 Å². The lowest BCUT2D eigenvalue weighted by Crippen LogP contribution is -2.52. The zero-order valence-corrected chi connectivity index (χ0v) is 17.6. The summed E-state index contributed by atoms with van der Waals surface area (Å²) < 4.78 is 20.2. The van der Waals surface area contributed by atoms with Gasteiger partial charge in [-0.25, -0.2) is 4.39 Å². The van der Waals surface area contributed by atoms with Crippen molar-refractivity contribution in [2.24, 2.45) is 5.92 Å². The highest BCUT2D eigenvalue weighted by molar-refractivity contribution is 6.27. The molecule has 1 aliphatic carbocycles. The number of carbonyl (C=O) groups excluding carboxylic acids is 1. The van der Waals surface area contributed by atoms with E-state index in [1.165, 1.54) is 6.07 Å². The van der Waals surface area contributed by atoms with Gasteiger partial charge in [-0.2, -0.15) is 0 Å². The van der Waals surface area contributed by atoms with Gasteiger partial charge in [0.25, 0.3) is 0 Å². The number of aliphatic hydroxyl groups excluding tert-OH is 1. The van der Waals surface area contributed by atoms with Crippen LogP contribution in [0.5, 0.6) is 0 Å². The number of rotatable bonds is 3. The van der Waals surface area contributed by atoms with Gasteiger partial charge in [-0.1, -0.05) is 43.4 Å². The van der Waals surface area contributed by atoms with E-state index in [0.717, 1.165) is 0 Å². The first-order chi connectivity index (χ1) is 12.9. The van der Waals surface area contributed by atoms with Gasteiger partial charge in [0, 0.05) is 17.1 Å². The molecule has 150 valence electrons. The monoisotopic (exact) mass is 404 g/mol. The van der Waals surface area contributed by atoms with Crippen LogP contribution in [-0.4, -0.2) is 27.0 Å². The Morgan fingerprint density at radius 1 is 1.18 bits per heavy atom. The molecule has 0 bridgehead atoms.